The maximum Gasteiger partial charge on any atom is 0.157 e. The first-order valence-corrected chi connectivity index (χ1v) is 9.24. The molecule has 5 nitrogen and oxygen atoms in total. The van der Waals surface area contributed by atoms with E-state index >= 15 is 0 Å². The van der Waals surface area contributed by atoms with E-state index in [4.69, 9.17) is 10.7 Å². The highest BCUT2D eigenvalue weighted by molar-refractivity contribution is 5.87. The molecule has 27 heavy (non-hydrogen) atoms. The van der Waals surface area contributed by atoms with Crippen LogP contribution < -0.4 is 11.1 Å². The number of rotatable bonds is 2. The lowest BCUT2D eigenvalue weighted by atomic mass is 9.89. The zero-order valence-electron chi connectivity index (χ0n) is 14.9. The second-order valence-electron chi connectivity index (χ2n) is 7.01. The van der Waals surface area contributed by atoms with Gasteiger partial charge in [0.25, 0.3) is 0 Å². The lowest BCUT2D eigenvalue weighted by Gasteiger charge is -2.23. The summed E-state index contributed by atoms with van der Waals surface area (Å²) in [6, 6.07) is 18.2. The van der Waals surface area contributed by atoms with Crippen molar-refractivity contribution in [3.8, 4) is 6.07 Å². The molecule has 1 aliphatic carbocycles. The highest BCUT2D eigenvalue weighted by Crippen LogP contribution is 2.36. The molecule has 0 amide bonds. The van der Waals surface area contributed by atoms with Gasteiger partial charge in [-0.05, 0) is 73.2 Å². The lowest BCUT2D eigenvalue weighted by molar-refractivity contribution is 0.682. The second-order valence-corrected chi connectivity index (χ2v) is 7.01. The number of nitrogens with one attached hydrogen (secondary N) is 1. The Labute approximate surface area is 157 Å². The molecule has 3 N–H and O–H groups in total. The molecule has 0 fully saturated rings. The number of anilines is 3. The van der Waals surface area contributed by atoms with Crippen LogP contribution in [-0.2, 0) is 12.8 Å². The molecule has 2 aromatic carbocycles. The number of nitriles is 1. The Morgan fingerprint density at radius 2 is 1.74 bits per heavy atom. The van der Waals surface area contributed by atoms with Crippen LogP contribution in [0.2, 0.25) is 0 Å². The molecule has 5 heteroatoms. The third-order valence-electron chi connectivity index (χ3n) is 5.35. The molecule has 0 radical (unpaired) electrons. The molecule has 0 bridgehead atoms. The van der Waals surface area contributed by atoms with E-state index in [0.717, 1.165) is 65.1 Å². The van der Waals surface area contributed by atoms with Crippen molar-refractivity contribution in [2.75, 3.05) is 11.1 Å². The number of para-hydroxylation sites is 2. The van der Waals surface area contributed by atoms with E-state index in [9.17, 15) is 5.26 Å². The number of nitrogen functional groups attached to an aromatic ring is 1. The number of nitrogens with two attached hydrogens (primary N) is 1. The number of imidazole rings is 1. The molecule has 0 saturated heterocycles. The molecule has 0 spiro atoms. The van der Waals surface area contributed by atoms with E-state index in [1.165, 1.54) is 5.56 Å². The molecule has 0 atom stereocenters. The smallest absolute Gasteiger partial charge is 0.157 e. The first-order valence-electron chi connectivity index (χ1n) is 9.24. The van der Waals surface area contributed by atoms with Gasteiger partial charge in [0.2, 0.25) is 0 Å². The van der Waals surface area contributed by atoms with Crippen LogP contribution in [0.3, 0.4) is 0 Å². The van der Waals surface area contributed by atoms with Crippen LogP contribution in [0.1, 0.15) is 29.5 Å². The van der Waals surface area contributed by atoms with E-state index in [-0.39, 0.29) is 0 Å². The quantitative estimate of drug-likeness (QED) is 0.518. The standard InChI is InChI=1S/C22H19N5/c23-13-18-16-5-1-2-6-17(16)21(25-15-11-9-14(24)10-12-15)27-20-8-4-3-7-19(20)26-22(18)27/h3-4,7-12,25H,1-2,5-6,24H2. The Bertz CT molecular complexity index is 1210. The fraction of sp³-hybridized carbons (Fsp3) is 0.182. The van der Waals surface area contributed by atoms with Gasteiger partial charge >= 0.3 is 0 Å². The van der Waals surface area contributed by atoms with Crippen LogP contribution in [0.5, 0.6) is 0 Å². The molecule has 5 rings (SSSR count). The van der Waals surface area contributed by atoms with E-state index in [1.807, 2.05) is 42.5 Å². The van der Waals surface area contributed by atoms with Crippen LogP contribution in [0.25, 0.3) is 16.7 Å². The van der Waals surface area contributed by atoms with Crippen molar-refractivity contribution >= 4 is 33.9 Å². The number of fused-ring (bicyclic) bond motifs is 4. The lowest BCUT2D eigenvalue weighted by Crippen LogP contribution is -2.13. The summed E-state index contributed by atoms with van der Waals surface area (Å²) in [5.41, 5.74) is 13.3. The third-order valence-corrected chi connectivity index (χ3v) is 5.35. The van der Waals surface area contributed by atoms with E-state index in [1.54, 1.807) is 0 Å². The van der Waals surface area contributed by atoms with E-state index in [2.05, 4.69) is 21.9 Å². The molecule has 4 aromatic rings. The van der Waals surface area contributed by atoms with Crippen LogP contribution in [0.15, 0.2) is 48.5 Å². The Balaban J connectivity index is 1.86. The number of aromatic nitrogens is 2. The summed E-state index contributed by atoms with van der Waals surface area (Å²) in [6.07, 6.45) is 4.13. The minimum absolute atomic E-state index is 0.712. The minimum Gasteiger partial charge on any atom is -0.399 e. The van der Waals surface area contributed by atoms with Crippen molar-refractivity contribution in [3.63, 3.8) is 0 Å². The predicted molar refractivity (Wildman–Crippen MR) is 108 cm³/mol. The Morgan fingerprint density at radius 1 is 1.00 bits per heavy atom. The summed E-state index contributed by atoms with van der Waals surface area (Å²) in [5.74, 6) is 1.01. The van der Waals surface area contributed by atoms with Crippen LogP contribution >= 0.6 is 0 Å². The molecular weight excluding hydrogens is 334 g/mol. The van der Waals surface area contributed by atoms with Gasteiger partial charge in [0.15, 0.2) is 5.65 Å². The van der Waals surface area contributed by atoms with Crippen molar-refractivity contribution in [2.24, 2.45) is 0 Å². The summed E-state index contributed by atoms with van der Waals surface area (Å²) in [4.78, 5) is 4.79. The normalized spacial score (nSPS) is 13.4. The number of hydrogen-bond donors (Lipinski definition) is 2. The summed E-state index contributed by atoms with van der Waals surface area (Å²) in [6.45, 7) is 0. The fourth-order valence-electron chi connectivity index (χ4n) is 4.08. The largest absolute Gasteiger partial charge is 0.399 e. The fourth-order valence-corrected chi connectivity index (χ4v) is 4.08. The molecule has 1 aliphatic rings. The highest BCUT2D eigenvalue weighted by atomic mass is 15.1. The van der Waals surface area contributed by atoms with E-state index in [0.29, 0.717) is 5.56 Å². The van der Waals surface area contributed by atoms with Gasteiger partial charge in [0.05, 0.1) is 16.6 Å². The zero-order valence-corrected chi connectivity index (χ0v) is 14.9. The van der Waals surface area contributed by atoms with Gasteiger partial charge in [-0.2, -0.15) is 5.26 Å². The summed E-state index contributed by atoms with van der Waals surface area (Å²) >= 11 is 0. The maximum atomic E-state index is 9.89. The van der Waals surface area contributed by atoms with Crippen molar-refractivity contribution < 1.29 is 0 Å². The van der Waals surface area contributed by atoms with Gasteiger partial charge in [-0.25, -0.2) is 4.98 Å². The first-order chi connectivity index (χ1) is 13.3. The third kappa shape index (κ3) is 2.42. The van der Waals surface area contributed by atoms with Gasteiger partial charge in [0.1, 0.15) is 11.9 Å². The highest BCUT2D eigenvalue weighted by Gasteiger charge is 2.24. The number of hydrogen-bond acceptors (Lipinski definition) is 4. The van der Waals surface area contributed by atoms with Gasteiger partial charge < -0.3 is 11.1 Å². The molecule has 0 aliphatic heterocycles. The topological polar surface area (TPSA) is 79.1 Å². The number of nitrogens with zero attached hydrogens (tertiary/aromatic N) is 3. The Hall–Kier alpha value is -3.52. The molecular formula is C22H19N5. The van der Waals surface area contributed by atoms with Crippen molar-refractivity contribution in [1.29, 1.82) is 5.26 Å². The van der Waals surface area contributed by atoms with Crippen LogP contribution in [-0.4, -0.2) is 9.38 Å². The Morgan fingerprint density at radius 3 is 2.52 bits per heavy atom. The maximum absolute atomic E-state index is 9.89. The minimum atomic E-state index is 0.712. The van der Waals surface area contributed by atoms with Crippen molar-refractivity contribution in [1.82, 2.24) is 9.38 Å². The van der Waals surface area contributed by atoms with Gasteiger partial charge in [-0.1, -0.05) is 12.1 Å². The Kier molecular flexibility index (Phi) is 3.51. The molecule has 0 unspecified atom stereocenters. The monoisotopic (exact) mass is 353 g/mol. The first kappa shape index (κ1) is 15.7. The summed E-state index contributed by atoms with van der Waals surface area (Å²) < 4.78 is 2.11. The molecule has 2 aromatic heterocycles. The number of pyridine rings is 1. The van der Waals surface area contributed by atoms with Gasteiger partial charge in [0, 0.05) is 11.4 Å². The van der Waals surface area contributed by atoms with E-state index < -0.39 is 0 Å². The van der Waals surface area contributed by atoms with Crippen molar-refractivity contribution in [2.45, 2.75) is 25.7 Å². The molecule has 2 heterocycles. The molecule has 0 saturated carbocycles. The summed E-state index contributed by atoms with van der Waals surface area (Å²) in [7, 11) is 0. The zero-order chi connectivity index (χ0) is 18.4. The number of benzene rings is 2. The molecule has 132 valence electrons. The predicted octanol–water partition coefficient (Wildman–Crippen LogP) is 4.56. The van der Waals surface area contributed by atoms with Crippen molar-refractivity contribution in [3.05, 3.63) is 65.2 Å². The average molecular weight is 353 g/mol. The second kappa shape index (κ2) is 6.03. The van der Waals surface area contributed by atoms with Crippen LogP contribution in [0, 0.1) is 11.3 Å². The van der Waals surface area contributed by atoms with Gasteiger partial charge in [-0.3, -0.25) is 4.40 Å². The SMILES string of the molecule is N#Cc1c2c(c(Nc3ccc(N)cc3)n3c1nc1ccccc13)CCCC2. The average Bonchev–Trinajstić information content (AvgIpc) is 3.09. The summed E-state index contributed by atoms with van der Waals surface area (Å²) in [5, 5.41) is 13.5. The van der Waals surface area contributed by atoms with Gasteiger partial charge in [-0.15, -0.1) is 0 Å². The van der Waals surface area contributed by atoms with Crippen LogP contribution in [0.4, 0.5) is 17.2 Å².